The van der Waals surface area contributed by atoms with E-state index in [4.69, 9.17) is 0 Å². The number of carbonyl (C=O) groups is 2. The van der Waals surface area contributed by atoms with Gasteiger partial charge in [-0.3, -0.25) is 19.5 Å². The lowest BCUT2D eigenvalue weighted by molar-refractivity contribution is -0.120. The van der Waals surface area contributed by atoms with Gasteiger partial charge in [-0.15, -0.1) is 0 Å². The lowest BCUT2D eigenvalue weighted by atomic mass is 9.94. The van der Waals surface area contributed by atoms with Crippen LogP contribution < -0.4 is 15.1 Å². The quantitative estimate of drug-likeness (QED) is 0.435. The molecule has 0 atom stereocenters. The number of likely N-dealkylation sites (tertiary alicyclic amines) is 1. The Labute approximate surface area is 224 Å². The Bertz CT molecular complexity index is 1230. The van der Waals surface area contributed by atoms with Crippen molar-refractivity contribution in [3.8, 4) is 0 Å². The molecule has 0 saturated carbocycles. The molecule has 5 rings (SSSR count). The van der Waals surface area contributed by atoms with Gasteiger partial charge in [-0.1, -0.05) is 0 Å². The van der Waals surface area contributed by atoms with Crippen LogP contribution in [0.5, 0.6) is 0 Å². The third-order valence-electron chi connectivity index (χ3n) is 8.06. The van der Waals surface area contributed by atoms with E-state index >= 15 is 0 Å². The van der Waals surface area contributed by atoms with Crippen molar-refractivity contribution in [3.63, 3.8) is 0 Å². The summed E-state index contributed by atoms with van der Waals surface area (Å²) in [5.74, 6) is 2.24. The highest BCUT2D eigenvalue weighted by Crippen LogP contribution is 2.32. The van der Waals surface area contributed by atoms with Crippen molar-refractivity contribution in [1.29, 1.82) is 0 Å². The lowest BCUT2D eigenvalue weighted by Crippen LogP contribution is -2.42. The average molecular weight is 519 g/mol. The fourth-order valence-corrected chi connectivity index (χ4v) is 5.81. The number of aromatic nitrogens is 4. The molecule has 1 N–H and O–H groups in total. The number of piperidine rings is 2. The average Bonchev–Trinajstić information content (AvgIpc) is 3.39. The summed E-state index contributed by atoms with van der Waals surface area (Å²) in [6, 6.07) is 4.50. The molecule has 2 amide bonds. The SMILES string of the molecule is CNC(=O)CCN(C=O)c1nccc2c1ccn2C1CCN(CC2CCN(c3cnc(C)cn3)CC2)CC1. The number of nitrogens with one attached hydrogen (secondary N) is 1. The summed E-state index contributed by atoms with van der Waals surface area (Å²) < 4.78 is 2.35. The Morgan fingerprint density at radius 2 is 1.87 bits per heavy atom. The summed E-state index contributed by atoms with van der Waals surface area (Å²) in [7, 11) is 1.60. The monoisotopic (exact) mass is 518 g/mol. The maximum Gasteiger partial charge on any atom is 0.221 e. The lowest BCUT2D eigenvalue weighted by Gasteiger charge is -2.38. The minimum atomic E-state index is -0.0977. The highest BCUT2D eigenvalue weighted by atomic mass is 16.2. The number of hydrogen-bond acceptors (Lipinski definition) is 7. The van der Waals surface area contributed by atoms with E-state index in [9.17, 15) is 9.59 Å². The second kappa shape index (κ2) is 11.9. The second-order valence-electron chi connectivity index (χ2n) is 10.5. The molecule has 0 spiro atoms. The van der Waals surface area contributed by atoms with E-state index in [1.165, 1.54) is 24.3 Å². The summed E-state index contributed by atoms with van der Waals surface area (Å²) >= 11 is 0. The van der Waals surface area contributed by atoms with Gasteiger partial charge in [0.1, 0.15) is 11.6 Å². The fourth-order valence-electron chi connectivity index (χ4n) is 5.81. The number of fused-ring (bicyclic) bond motifs is 1. The molecule has 0 radical (unpaired) electrons. The van der Waals surface area contributed by atoms with E-state index in [2.05, 4.69) is 40.8 Å². The van der Waals surface area contributed by atoms with Crippen LogP contribution in [0.25, 0.3) is 10.9 Å². The molecular weight excluding hydrogens is 480 g/mol. The summed E-state index contributed by atoms with van der Waals surface area (Å²) in [5.41, 5.74) is 2.05. The number of nitrogens with zero attached hydrogens (tertiary/aromatic N) is 7. The topological polar surface area (TPSA) is 99.5 Å². The Balaban J connectivity index is 1.15. The van der Waals surface area contributed by atoms with E-state index < -0.39 is 0 Å². The second-order valence-corrected chi connectivity index (χ2v) is 10.5. The molecule has 202 valence electrons. The molecule has 0 aliphatic carbocycles. The van der Waals surface area contributed by atoms with Crippen molar-refractivity contribution >= 4 is 34.9 Å². The number of anilines is 2. The summed E-state index contributed by atoms with van der Waals surface area (Å²) in [4.78, 5) is 43.4. The largest absolute Gasteiger partial charge is 0.359 e. The molecule has 10 heteroatoms. The van der Waals surface area contributed by atoms with Gasteiger partial charge in [-0.2, -0.15) is 0 Å². The number of amides is 2. The van der Waals surface area contributed by atoms with Gasteiger partial charge >= 0.3 is 0 Å². The van der Waals surface area contributed by atoms with Crippen LogP contribution in [-0.4, -0.2) is 83.1 Å². The van der Waals surface area contributed by atoms with Crippen LogP contribution in [-0.2, 0) is 9.59 Å². The minimum Gasteiger partial charge on any atom is -0.359 e. The molecule has 2 aliphatic heterocycles. The highest BCUT2D eigenvalue weighted by molar-refractivity contribution is 5.95. The van der Waals surface area contributed by atoms with Crippen molar-refractivity contribution in [2.45, 2.75) is 45.1 Å². The molecule has 0 unspecified atom stereocenters. The van der Waals surface area contributed by atoms with Gasteiger partial charge in [-0.25, -0.2) is 9.97 Å². The zero-order valence-electron chi connectivity index (χ0n) is 22.4. The van der Waals surface area contributed by atoms with Crippen LogP contribution in [0.15, 0.2) is 36.9 Å². The van der Waals surface area contributed by atoms with Crippen LogP contribution in [0, 0.1) is 12.8 Å². The van der Waals surface area contributed by atoms with Gasteiger partial charge in [0.15, 0.2) is 0 Å². The molecule has 3 aromatic rings. The summed E-state index contributed by atoms with van der Waals surface area (Å²) in [5, 5.41) is 3.55. The van der Waals surface area contributed by atoms with Crippen molar-refractivity contribution in [1.82, 2.24) is 29.7 Å². The fraction of sp³-hybridized carbons (Fsp3) is 0.536. The Hall–Kier alpha value is -3.53. The van der Waals surface area contributed by atoms with Gasteiger partial charge in [0.25, 0.3) is 0 Å². The number of pyridine rings is 1. The van der Waals surface area contributed by atoms with E-state index in [0.29, 0.717) is 18.4 Å². The number of aryl methyl sites for hydroxylation is 1. The molecule has 0 aromatic carbocycles. The van der Waals surface area contributed by atoms with Crippen molar-refractivity contribution < 1.29 is 9.59 Å². The van der Waals surface area contributed by atoms with E-state index in [-0.39, 0.29) is 12.3 Å². The van der Waals surface area contributed by atoms with Crippen LogP contribution >= 0.6 is 0 Å². The minimum absolute atomic E-state index is 0.0977. The van der Waals surface area contributed by atoms with Crippen molar-refractivity contribution in [2.24, 2.45) is 5.92 Å². The molecule has 10 nitrogen and oxygen atoms in total. The van der Waals surface area contributed by atoms with Crippen LogP contribution in [0.1, 0.15) is 43.8 Å². The van der Waals surface area contributed by atoms with Gasteiger partial charge in [0.2, 0.25) is 12.3 Å². The van der Waals surface area contributed by atoms with E-state index in [0.717, 1.165) is 73.8 Å². The Morgan fingerprint density at radius 1 is 1.08 bits per heavy atom. The molecular formula is C28H38N8O2. The first kappa shape index (κ1) is 26.1. The van der Waals surface area contributed by atoms with Gasteiger partial charge in [-0.05, 0) is 50.7 Å². The standard InChI is InChI=1S/C28H38N8O2/c1-21-17-32-26(18-31-21)34-13-4-22(5-14-34)19-33-11-6-23(7-12-33)36-16-8-24-25(36)3-10-30-28(24)35(20-37)15-9-27(38)29-2/h3,8,10,16-18,20,22-23H,4-7,9,11-15,19H2,1-2H3,(H,29,38). The predicted octanol–water partition coefficient (Wildman–Crippen LogP) is 2.79. The van der Waals surface area contributed by atoms with Crippen LogP contribution in [0.3, 0.4) is 0 Å². The Kier molecular flexibility index (Phi) is 8.17. The molecule has 2 aliphatic rings. The number of hydrogen-bond donors (Lipinski definition) is 1. The maximum absolute atomic E-state index is 11.8. The first-order chi connectivity index (χ1) is 18.6. The smallest absolute Gasteiger partial charge is 0.221 e. The Morgan fingerprint density at radius 3 is 2.55 bits per heavy atom. The molecule has 2 fully saturated rings. The maximum atomic E-state index is 11.8. The highest BCUT2D eigenvalue weighted by Gasteiger charge is 2.27. The van der Waals surface area contributed by atoms with Gasteiger partial charge in [0.05, 0.1) is 23.6 Å². The predicted molar refractivity (Wildman–Crippen MR) is 148 cm³/mol. The zero-order chi connectivity index (χ0) is 26.5. The number of carbonyl (C=O) groups excluding carboxylic acids is 2. The van der Waals surface area contributed by atoms with Gasteiger partial charge < -0.3 is 19.7 Å². The third kappa shape index (κ3) is 5.80. The zero-order valence-corrected chi connectivity index (χ0v) is 22.4. The molecule has 0 bridgehead atoms. The molecule has 5 heterocycles. The third-order valence-corrected chi connectivity index (χ3v) is 8.06. The first-order valence-electron chi connectivity index (χ1n) is 13.7. The normalized spacial score (nSPS) is 17.6. The molecule has 3 aromatic heterocycles. The molecule has 38 heavy (non-hydrogen) atoms. The molecule has 2 saturated heterocycles. The van der Waals surface area contributed by atoms with Gasteiger partial charge in [0, 0.05) is 76.6 Å². The number of rotatable bonds is 9. The van der Waals surface area contributed by atoms with Crippen molar-refractivity contribution in [2.75, 3.05) is 56.1 Å². The van der Waals surface area contributed by atoms with Crippen molar-refractivity contribution in [3.05, 3.63) is 42.6 Å². The first-order valence-corrected chi connectivity index (χ1v) is 13.7. The summed E-state index contributed by atoms with van der Waals surface area (Å²) in [6.07, 6.45) is 13.2. The van der Waals surface area contributed by atoms with E-state index in [1.807, 2.05) is 31.5 Å². The van der Waals surface area contributed by atoms with E-state index in [1.54, 1.807) is 13.2 Å². The van der Waals surface area contributed by atoms with Crippen LogP contribution in [0.2, 0.25) is 0 Å². The summed E-state index contributed by atoms with van der Waals surface area (Å²) in [6.45, 7) is 7.73. The van der Waals surface area contributed by atoms with Crippen LogP contribution in [0.4, 0.5) is 11.6 Å².